The van der Waals surface area contributed by atoms with Crippen LogP contribution in [0.15, 0.2) is 12.2 Å². The predicted molar refractivity (Wildman–Crippen MR) is 60.0 cm³/mol. The Morgan fingerprint density at radius 1 is 1.62 bits per heavy atom. The van der Waals surface area contributed by atoms with E-state index >= 15 is 0 Å². The van der Waals surface area contributed by atoms with Crippen LogP contribution < -0.4 is 16.8 Å². The van der Waals surface area contributed by atoms with Crippen molar-refractivity contribution in [3.63, 3.8) is 0 Å². The molecule has 2 atom stereocenters. The van der Waals surface area contributed by atoms with E-state index in [1.54, 1.807) is 7.05 Å². The van der Waals surface area contributed by atoms with Gasteiger partial charge in [-0.05, 0) is 14.0 Å². The van der Waals surface area contributed by atoms with Crippen molar-refractivity contribution in [2.75, 3.05) is 12.8 Å². The van der Waals surface area contributed by atoms with E-state index in [1.165, 1.54) is 11.8 Å². The topological polar surface area (TPSA) is 87.9 Å². The number of rotatable bonds is 5. The highest BCUT2D eigenvalue weighted by atomic mass is 32.2. The lowest BCUT2D eigenvalue weighted by Gasteiger charge is -2.09. The summed E-state index contributed by atoms with van der Waals surface area (Å²) in [5.41, 5.74) is 11.1. The van der Waals surface area contributed by atoms with E-state index in [0.717, 1.165) is 5.75 Å². The third-order valence-electron chi connectivity index (χ3n) is 1.37. The molecule has 0 aromatic rings. The summed E-state index contributed by atoms with van der Waals surface area (Å²) >= 11 is 1.40. The van der Waals surface area contributed by atoms with Crippen molar-refractivity contribution in [1.29, 1.82) is 5.41 Å². The molecule has 0 saturated carbocycles. The molecule has 0 fully saturated rings. The van der Waals surface area contributed by atoms with E-state index in [1.807, 2.05) is 19.1 Å². The van der Waals surface area contributed by atoms with Gasteiger partial charge in [0.2, 0.25) is 0 Å². The standard InChI is InChI=1S/C8H18N4S/c1-6(9)4-3-5-13-8(11)7(10)12-2/h3-4,6-7,11-12H,5,9-10H2,1-2H3/b4-3-,11-8?. The van der Waals surface area contributed by atoms with Gasteiger partial charge in [0, 0.05) is 11.8 Å². The number of nitrogens with two attached hydrogens (primary N) is 2. The minimum absolute atomic E-state index is 0.0766. The van der Waals surface area contributed by atoms with Crippen LogP contribution in [-0.4, -0.2) is 30.1 Å². The molecule has 5 heteroatoms. The van der Waals surface area contributed by atoms with Gasteiger partial charge in [0.1, 0.15) is 6.17 Å². The van der Waals surface area contributed by atoms with Gasteiger partial charge in [0.15, 0.2) is 0 Å². The van der Waals surface area contributed by atoms with Crippen LogP contribution in [0.4, 0.5) is 0 Å². The zero-order chi connectivity index (χ0) is 10.3. The molecule has 0 aliphatic heterocycles. The Hall–Kier alpha value is -0.360. The van der Waals surface area contributed by atoms with E-state index in [9.17, 15) is 0 Å². The van der Waals surface area contributed by atoms with Crippen LogP contribution in [0.5, 0.6) is 0 Å². The highest BCUT2D eigenvalue weighted by Crippen LogP contribution is 2.03. The Morgan fingerprint density at radius 3 is 2.69 bits per heavy atom. The number of thioether (sulfide) groups is 1. The molecule has 0 aromatic heterocycles. The van der Waals surface area contributed by atoms with E-state index in [4.69, 9.17) is 16.9 Å². The molecule has 0 rings (SSSR count). The lowest BCUT2D eigenvalue weighted by Crippen LogP contribution is -2.40. The van der Waals surface area contributed by atoms with Gasteiger partial charge in [0.05, 0.1) is 5.04 Å². The Morgan fingerprint density at radius 2 is 2.23 bits per heavy atom. The fraction of sp³-hybridized carbons (Fsp3) is 0.625. The molecule has 4 nitrogen and oxygen atoms in total. The van der Waals surface area contributed by atoms with E-state index in [-0.39, 0.29) is 12.2 Å². The van der Waals surface area contributed by atoms with Crippen molar-refractivity contribution < 1.29 is 0 Å². The summed E-state index contributed by atoms with van der Waals surface area (Å²) in [6.07, 6.45) is 3.51. The third-order valence-corrected chi connectivity index (χ3v) is 2.29. The molecular weight excluding hydrogens is 184 g/mol. The third kappa shape index (κ3) is 6.77. The van der Waals surface area contributed by atoms with Crippen LogP contribution in [0.1, 0.15) is 6.92 Å². The molecule has 6 N–H and O–H groups in total. The summed E-state index contributed by atoms with van der Waals surface area (Å²) in [7, 11) is 1.73. The second-order valence-electron chi connectivity index (χ2n) is 2.73. The molecule has 0 amide bonds. The molecule has 0 aromatic carbocycles. The fourth-order valence-electron chi connectivity index (χ4n) is 0.629. The van der Waals surface area contributed by atoms with Crippen LogP contribution >= 0.6 is 11.8 Å². The van der Waals surface area contributed by atoms with E-state index in [0.29, 0.717) is 5.04 Å². The maximum atomic E-state index is 7.49. The van der Waals surface area contributed by atoms with Crippen LogP contribution in [0.2, 0.25) is 0 Å². The maximum absolute atomic E-state index is 7.49. The quantitative estimate of drug-likeness (QED) is 0.220. The molecule has 13 heavy (non-hydrogen) atoms. The Bertz CT molecular complexity index is 179. The zero-order valence-corrected chi connectivity index (χ0v) is 8.90. The first-order valence-electron chi connectivity index (χ1n) is 4.14. The normalized spacial score (nSPS) is 16.0. The molecule has 0 heterocycles. The van der Waals surface area contributed by atoms with Crippen molar-refractivity contribution in [2.24, 2.45) is 11.5 Å². The number of hydrogen-bond donors (Lipinski definition) is 4. The predicted octanol–water partition coefficient (Wildman–Crippen LogP) is 0.104. The van der Waals surface area contributed by atoms with Gasteiger partial charge in [-0.1, -0.05) is 12.2 Å². The summed E-state index contributed by atoms with van der Waals surface area (Å²) in [5, 5.41) is 10.7. The van der Waals surface area contributed by atoms with E-state index in [2.05, 4.69) is 5.32 Å². The molecule has 0 aliphatic rings. The second-order valence-corrected chi connectivity index (χ2v) is 3.79. The minimum Gasteiger partial charge on any atom is -0.325 e. The first kappa shape index (κ1) is 12.6. The van der Waals surface area contributed by atoms with Crippen LogP contribution in [0.3, 0.4) is 0 Å². The Kier molecular flexibility index (Phi) is 6.89. The monoisotopic (exact) mass is 202 g/mol. The van der Waals surface area contributed by atoms with Crippen LogP contribution in [0, 0.1) is 5.41 Å². The second kappa shape index (κ2) is 7.08. The molecular formula is C8H18N4S. The van der Waals surface area contributed by atoms with Gasteiger partial charge < -0.3 is 11.5 Å². The van der Waals surface area contributed by atoms with Crippen molar-refractivity contribution in [2.45, 2.75) is 19.1 Å². The molecule has 0 bridgehead atoms. The van der Waals surface area contributed by atoms with Crippen molar-refractivity contribution in [3.8, 4) is 0 Å². The van der Waals surface area contributed by atoms with Gasteiger partial charge in [-0.3, -0.25) is 10.7 Å². The maximum Gasteiger partial charge on any atom is 0.104 e. The molecule has 0 radical (unpaired) electrons. The fourth-order valence-corrected chi connectivity index (χ4v) is 1.31. The van der Waals surface area contributed by atoms with Gasteiger partial charge in [-0.15, -0.1) is 11.8 Å². The average Bonchev–Trinajstić information content (AvgIpc) is 2.10. The average molecular weight is 202 g/mol. The zero-order valence-electron chi connectivity index (χ0n) is 8.08. The van der Waals surface area contributed by atoms with Gasteiger partial charge in [-0.2, -0.15) is 0 Å². The molecule has 76 valence electrons. The first-order chi connectivity index (χ1) is 6.07. The summed E-state index contributed by atoms with van der Waals surface area (Å²) in [6.45, 7) is 1.91. The number of hydrogen-bond acceptors (Lipinski definition) is 5. The van der Waals surface area contributed by atoms with Crippen LogP contribution in [0.25, 0.3) is 0 Å². The Balaban J connectivity index is 3.59. The van der Waals surface area contributed by atoms with Gasteiger partial charge >= 0.3 is 0 Å². The molecule has 2 unspecified atom stereocenters. The summed E-state index contributed by atoms with van der Waals surface area (Å²) in [5.74, 6) is 0.746. The molecule has 0 spiro atoms. The van der Waals surface area contributed by atoms with E-state index < -0.39 is 0 Å². The van der Waals surface area contributed by atoms with Gasteiger partial charge in [-0.25, -0.2) is 0 Å². The summed E-state index contributed by atoms with van der Waals surface area (Å²) in [6, 6.07) is 0.0766. The summed E-state index contributed by atoms with van der Waals surface area (Å²) < 4.78 is 0. The highest BCUT2D eigenvalue weighted by molar-refractivity contribution is 8.14. The molecule has 0 aliphatic carbocycles. The minimum atomic E-state index is -0.353. The lowest BCUT2D eigenvalue weighted by molar-refractivity contribution is 0.737. The lowest BCUT2D eigenvalue weighted by atomic mass is 10.3. The van der Waals surface area contributed by atoms with Gasteiger partial charge in [0.25, 0.3) is 0 Å². The largest absolute Gasteiger partial charge is 0.325 e. The number of nitrogens with one attached hydrogen (secondary N) is 2. The van der Waals surface area contributed by atoms with Crippen molar-refractivity contribution in [1.82, 2.24) is 5.32 Å². The van der Waals surface area contributed by atoms with Crippen molar-refractivity contribution in [3.05, 3.63) is 12.2 Å². The summed E-state index contributed by atoms with van der Waals surface area (Å²) in [4.78, 5) is 0. The first-order valence-corrected chi connectivity index (χ1v) is 5.12. The SMILES string of the molecule is CNC(N)C(=N)SC/C=C\C(C)N. The van der Waals surface area contributed by atoms with Crippen LogP contribution in [-0.2, 0) is 0 Å². The Labute approximate surface area is 83.6 Å². The molecule has 0 saturated heterocycles. The van der Waals surface area contributed by atoms with Crippen molar-refractivity contribution >= 4 is 16.8 Å². The highest BCUT2D eigenvalue weighted by Gasteiger charge is 2.04. The smallest absolute Gasteiger partial charge is 0.104 e.